The smallest absolute Gasteiger partial charge is 0.130 e. The lowest BCUT2D eigenvalue weighted by molar-refractivity contribution is 0.420. The highest BCUT2D eigenvalue weighted by Crippen LogP contribution is 2.37. The molecule has 19 heavy (non-hydrogen) atoms. The minimum atomic E-state index is 0.730. The molecule has 0 radical (unpaired) electrons. The zero-order valence-electron chi connectivity index (χ0n) is 11.4. The predicted molar refractivity (Wildman–Crippen MR) is 80.9 cm³/mol. The summed E-state index contributed by atoms with van der Waals surface area (Å²) in [4.78, 5) is 7.89. The third-order valence-electron chi connectivity index (χ3n) is 4.07. The standard InChI is InChI=1S/C16H18N2S/c1-10-11(2)18-16(19)15(17-10)14-8-4-7-13(9-14)12-5-3-6-12/h4,7-9,12H,3,5-6H2,1-2H3,(H,18,19). The summed E-state index contributed by atoms with van der Waals surface area (Å²) < 4.78 is 0.730. The van der Waals surface area contributed by atoms with Gasteiger partial charge in [-0.05, 0) is 44.2 Å². The fraction of sp³-hybridized carbons (Fsp3) is 0.375. The first kappa shape index (κ1) is 12.5. The third kappa shape index (κ3) is 2.35. The highest BCUT2D eigenvalue weighted by molar-refractivity contribution is 7.71. The van der Waals surface area contributed by atoms with Crippen LogP contribution < -0.4 is 0 Å². The van der Waals surface area contributed by atoms with E-state index in [1.54, 1.807) is 0 Å². The van der Waals surface area contributed by atoms with Crippen molar-refractivity contribution in [2.45, 2.75) is 39.0 Å². The monoisotopic (exact) mass is 270 g/mol. The molecule has 0 spiro atoms. The Hall–Kier alpha value is -1.48. The van der Waals surface area contributed by atoms with Crippen molar-refractivity contribution in [1.29, 1.82) is 0 Å². The van der Waals surface area contributed by atoms with Gasteiger partial charge in [0.15, 0.2) is 0 Å². The molecule has 1 aromatic heterocycles. The molecular weight excluding hydrogens is 252 g/mol. The molecule has 1 saturated carbocycles. The number of H-pyrrole nitrogens is 1. The van der Waals surface area contributed by atoms with Crippen molar-refractivity contribution < 1.29 is 0 Å². The van der Waals surface area contributed by atoms with E-state index in [1.807, 2.05) is 13.8 Å². The molecule has 0 unspecified atom stereocenters. The maximum atomic E-state index is 5.41. The number of nitrogens with one attached hydrogen (secondary N) is 1. The Kier molecular flexibility index (Phi) is 3.23. The number of hydrogen-bond acceptors (Lipinski definition) is 2. The first-order valence-corrected chi connectivity index (χ1v) is 7.24. The van der Waals surface area contributed by atoms with Crippen LogP contribution in [0.25, 0.3) is 11.3 Å². The van der Waals surface area contributed by atoms with Crippen LogP contribution >= 0.6 is 12.2 Å². The van der Waals surface area contributed by atoms with Crippen LogP contribution in [0.1, 0.15) is 42.1 Å². The minimum Gasteiger partial charge on any atom is -0.347 e. The van der Waals surface area contributed by atoms with Crippen LogP contribution in [0, 0.1) is 18.5 Å². The Morgan fingerprint density at radius 1 is 1.26 bits per heavy atom. The summed E-state index contributed by atoms with van der Waals surface area (Å²) in [5.41, 5.74) is 5.52. The zero-order valence-corrected chi connectivity index (χ0v) is 12.2. The summed E-state index contributed by atoms with van der Waals surface area (Å²) in [6.45, 7) is 4.02. The van der Waals surface area contributed by atoms with Crippen molar-refractivity contribution in [2.24, 2.45) is 0 Å². The van der Waals surface area contributed by atoms with E-state index >= 15 is 0 Å². The van der Waals surface area contributed by atoms with Gasteiger partial charge in [-0.15, -0.1) is 0 Å². The summed E-state index contributed by atoms with van der Waals surface area (Å²) >= 11 is 5.41. The lowest BCUT2D eigenvalue weighted by Gasteiger charge is -2.26. The Balaban J connectivity index is 2.06. The Morgan fingerprint density at radius 2 is 2.05 bits per heavy atom. The van der Waals surface area contributed by atoms with Crippen molar-refractivity contribution in [2.75, 3.05) is 0 Å². The number of nitrogens with zero attached hydrogens (tertiary/aromatic N) is 1. The summed E-state index contributed by atoms with van der Waals surface area (Å²) in [5.74, 6) is 0.740. The van der Waals surface area contributed by atoms with Gasteiger partial charge in [0, 0.05) is 11.3 Å². The van der Waals surface area contributed by atoms with Gasteiger partial charge in [0.25, 0.3) is 0 Å². The Bertz CT molecular complexity index is 669. The molecule has 0 bridgehead atoms. The Morgan fingerprint density at radius 3 is 2.74 bits per heavy atom. The van der Waals surface area contributed by atoms with Crippen LogP contribution in [0.3, 0.4) is 0 Å². The number of aromatic amines is 1. The first-order valence-electron chi connectivity index (χ1n) is 6.83. The normalized spacial score (nSPS) is 15.3. The van der Waals surface area contributed by atoms with Crippen LogP contribution in [-0.4, -0.2) is 9.97 Å². The molecule has 1 aromatic carbocycles. The van der Waals surface area contributed by atoms with E-state index in [2.05, 4.69) is 34.2 Å². The average Bonchev–Trinajstić information content (AvgIpc) is 2.32. The van der Waals surface area contributed by atoms with Crippen LogP contribution in [0.5, 0.6) is 0 Å². The molecule has 1 N–H and O–H groups in total. The SMILES string of the molecule is Cc1nc(-c2cccc(C3CCC3)c2)c(=S)[nH]c1C. The second-order valence-corrected chi connectivity index (χ2v) is 5.79. The van der Waals surface area contributed by atoms with Gasteiger partial charge in [-0.2, -0.15) is 0 Å². The summed E-state index contributed by atoms with van der Waals surface area (Å²) in [7, 11) is 0. The molecule has 1 aliphatic rings. The van der Waals surface area contributed by atoms with Gasteiger partial charge < -0.3 is 4.98 Å². The number of rotatable bonds is 2. The topological polar surface area (TPSA) is 28.7 Å². The van der Waals surface area contributed by atoms with Gasteiger partial charge >= 0.3 is 0 Å². The van der Waals surface area contributed by atoms with Crippen LogP contribution in [0.2, 0.25) is 0 Å². The van der Waals surface area contributed by atoms with E-state index in [-0.39, 0.29) is 0 Å². The fourth-order valence-corrected chi connectivity index (χ4v) is 2.82. The maximum Gasteiger partial charge on any atom is 0.130 e. The van der Waals surface area contributed by atoms with E-state index in [4.69, 9.17) is 12.2 Å². The van der Waals surface area contributed by atoms with Crippen LogP contribution in [-0.2, 0) is 0 Å². The highest BCUT2D eigenvalue weighted by Gasteiger charge is 2.19. The van der Waals surface area contributed by atoms with Gasteiger partial charge in [-0.25, -0.2) is 4.98 Å². The van der Waals surface area contributed by atoms with E-state index in [9.17, 15) is 0 Å². The largest absolute Gasteiger partial charge is 0.347 e. The first-order chi connectivity index (χ1) is 9.15. The minimum absolute atomic E-state index is 0.730. The van der Waals surface area contributed by atoms with Gasteiger partial charge in [0.1, 0.15) is 10.3 Å². The third-order valence-corrected chi connectivity index (χ3v) is 4.37. The zero-order chi connectivity index (χ0) is 13.4. The highest BCUT2D eigenvalue weighted by atomic mass is 32.1. The van der Waals surface area contributed by atoms with Gasteiger partial charge in [-0.3, -0.25) is 0 Å². The fourth-order valence-electron chi connectivity index (χ4n) is 2.50. The Labute approximate surface area is 118 Å². The van der Waals surface area contributed by atoms with Gasteiger partial charge in [0.05, 0.1) is 5.69 Å². The number of aromatic nitrogens is 2. The maximum absolute atomic E-state index is 5.41. The molecule has 1 fully saturated rings. The number of hydrogen-bond donors (Lipinski definition) is 1. The summed E-state index contributed by atoms with van der Waals surface area (Å²) in [5, 5.41) is 0. The molecule has 1 aliphatic carbocycles. The lowest BCUT2D eigenvalue weighted by Crippen LogP contribution is -2.08. The van der Waals surface area contributed by atoms with Gasteiger partial charge in [-0.1, -0.05) is 36.8 Å². The number of benzene rings is 1. The molecule has 2 aromatic rings. The van der Waals surface area contributed by atoms with E-state index < -0.39 is 0 Å². The van der Waals surface area contributed by atoms with Gasteiger partial charge in [0.2, 0.25) is 0 Å². The van der Waals surface area contributed by atoms with Crippen molar-refractivity contribution >= 4 is 12.2 Å². The molecule has 0 saturated heterocycles. The second kappa shape index (κ2) is 4.89. The van der Waals surface area contributed by atoms with Crippen molar-refractivity contribution in [3.05, 3.63) is 45.9 Å². The van der Waals surface area contributed by atoms with Crippen molar-refractivity contribution in [3.8, 4) is 11.3 Å². The van der Waals surface area contributed by atoms with E-state index in [0.29, 0.717) is 0 Å². The molecule has 98 valence electrons. The molecule has 0 atom stereocenters. The van der Waals surface area contributed by atoms with E-state index in [0.717, 1.165) is 33.2 Å². The molecule has 1 heterocycles. The summed E-state index contributed by atoms with van der Waals surface area (Å²) in [6.07, 6.45) is 3.99. The lowest BCUT2D eigenvalue weighted by atomic mass is 9.79. The molecular formula is C16H18N2S. The molecule has 3 rings (SSSR count). The van der Waals surface area contributed by atoms with Crippen LogP contribution in [0.4, 0.5) is 0 Å². The van der Waals surface area contributed by atoms with Crippen LogP contribution in [0.15, 0.2) is 24.3 Å². The molecule has 2 nitrogen and oxygen atoms in total. The number of aryl methyl sites for hydroxylation is 2. The predicted octanol–water partition coefficient (Wildman–Crippen LogP) is 4.69. The van der Waals surface area contributed by atoms with E-state index in [1.165, 1.54) is 24.8 Å². The quantitative estimate of drug-likeness (QED) is 0.802. The molecule has 0 amide bonds. The molecule has 0 aliphatic heterocycles. The van der Waals surface area contributed by atoms with Crippen molar-refractivity contribution in [3.63, 3.8) is 0 Å². The average molecular weight is 270 g/mol. The molecule has 3 heteroatoms. The van der Waals surface area contributed by atoms with Crippen molar-refractivity contribution in [1.82, 2.24) is 9.97 Å². The second-order valence-electron chi connectivity index (χ2n) is 5.38. The summed E-state index contributed by atoms with van der Waals surface area (Å²) in [6, 6.07) is 8.70.